The summed E-state index contributed by atoms with van der Waals surface area (Å²) in [6.07, 6.45) is 5.19. The Bertz CT molecular complexity index is 755. The van der Waals surface area contributed by atoms with Crippen molar-refractivity contribution in [3.8, 4) is 0 Å². The SMILES string of the molecule is CCC1CCCCN1C(=O)Cn1cc(S(=O)(=O)N(C)C)ccc1=O. The number of rotatable bonds is 5. The lowest BCUT2D eigenvalue weighted by molar-refractivity contribution is -0.135. The first-order valence-electron chi connectivity index (χ1n) is 8.20. The molecular weight excluding hydrogens is 330 g/mol. The van der Waals surface area contributed by atoms with Crippen LogP contribution in [0, 0.1) is 0 Å². The number of pyridine rings is 1. The molecule has 0 radical (unpaired) electrons. The van der Waals surface area contributed by atoms with Crippen molar-refractivity contribution in [3.63, 3.8) is 0 Å². The van der Waals surface area contributed by atoms with Crippen LogP contribution in [0.2, 0.25) is 0 Å². The summed E-state index contributed by atoms with van der Waals surface area (Å²) < 4.78 is 26.7. The largest absolute Gasteiger partial charge is 0.338 e. The van der Waals surface area contributed by atoms with E-state index in [1.807, 2.05) is 11.8 Å². The Balaban J connectivity index is 2.26. The number of amides is 1. The molecule has 1 fully saturated rings. The molecule has 1 unspecified atom stereocenters. The summed E-state index contributed by atoms with van der Waals surface area (Å²) in [7, 11) is -0.791. The van der Waals surface area contributed by atoms with Crippen LogP contribution in [-0.4, -0.2) is 54.8 Å². The second-order valence-electron chi connectivity index (χ2n) is 6.26. The first-order valence-corrected chi connectivity index (χ1v) is 9.64. The highest BCUT2D eigenvalue weighted by atomic mass is 32.2. The third-order valence-corrected chi connectivity index (χ3v) is 6.26. The summed E-state index contributed by atoms with van der Waals surface area (Å²) in [6, 6.07) is 2.67. The summed E-state index contributed by atoms with van der Waals surface area (Å²) in [6.45, 7) is 2.61. The molecule has 1 aromatic heterocycles. The Morgan fingerprint density at radius 2 is 2.00 bits per heavy atom. The number of carbonyl (C=O) groups is 1. The van der Waals surface area contributed by atoms with Crippen LogP contribution >= 0.6 is 0 Å². The fraction of sp³-hybridized carbons (Fsp3) is 0.625. The fourth-order valence-electron chi connectivity index (χ4n) is 2.99. The van der Waals surface area contributed by atoms with Crippen molar-refractivity contribution < 1.29 is 13.2 Å². The van der Waals surface area contributed by atoms with Crippen molar-refractivity contribution in [2.24, 2.45) is 0 Å². The van der Waals surface area contributed by atoms with Crippen LogP contribution in [0.3, 0.4) is 0 Å². The van der Waals surface area contributed by atoms with Gasteiger partial charge in [0.25, 0.3) is 5.56 Å². The average molecular weight is 355 g/mol. The van der Waals surface area contributed by atoms with Gasteiger partial charge >= 0.3 is 0 Å². The van der Waals surface area contributed by atoms with Crippen LogP contribution in [0.1, 0.15) is 32.6 Å². The van der Waals surface area contributed by atoms with E-state index in [2.05, 4.69) is 0 Å². The van der Waals surface area contributed by atoms with Crippen LogP contribution in [0.5, 0.6) is 0 Å². The Kier molecular flexibility index (Phi) is 5.82. The third-order valence-electron chi connectivity index (χ3n) is 4.46. The lowest BCUT2D eigenvalue weighted by atomic mass is 10.00. The van der Waals surface area contributed by atoms with E-state index in [1.54, 1.807) is 0 Å². The van der Waals surface area contributed by atoms with Gasteiger partial charge in [-0.1, -0.05) is 6.92 Å². The zero-order chi connectivity index (χ0) is 17.9. The third kappa shape index (κ3) is 3.87. The van der Waals surface area contributed by atoms with Crippen LogP contribution < -0.4 is 5.56 Å². The molecular formula is C16H25N3O4S. The zero-order valence-corrected chi connectivity index (χ0v) is 15.3. The van der Waals surface area contributed by atoms with Crippen molar-refractivity contribution in [1.82, 2.24) is 13.8 Å². The lowest BCUT2D eigenvalue weighted by Gasteiger charge is -2.35. The van der Waals surface area contributed by atoms with Crippen LogP contribution in [0.4, 0.5) is 0 Å². The second-order valence-corrected chi connectivity index (χ2v) is 8.42. The molecule has 1 aromatic rings. The van der Waals surface area contributed by atoms with Gasteiger partial charge in [-0.2, -0.15) is 0 Å². The fourth-order valence-corrected chi connectivity index (χ4v) is 3.91. The number of carbonyl (C=O) groups excluding carboxylic acids is 1. The van der Waals surface area contributed by atoms with Gasteiger partial charge in [0.15, 0.2) is 0 Å². The van der Waals surface area contributed by atoms with E-state index in [4.69, 9.17) is 0 Å². The quantitative estimate of drug-likeness (QED) is 0.786. The van der Waals surface area contributed by atoms with Gasteiger partial charge in [0.1, 0.15) is 6.54 Å². The van der Waals surface area contributed by atoms with Crippen molar-refractivity contribution in [3.05, 3.63) is 28.7 Å². The molecule has 1 aliphatic rings. The summed E-state index contributed by atoms with van der Waals surface area (Å²) in [5.41, 5.74) is -0.383. The molecule has 2 rings (SSSR count). The molecule has 0 N–H and O–H groups in total. The Hall–Kier alpha value is -1.67. The first kappa shape index (κ1) is 18.7. The molecule has 2 heterocycles. The monoisotopic (exact) mass is 355 g/mol. The minimum absolute atomic E-state index is 0.00517. The van der Waals surface area contributed by atoms with E-state index in [-0.39, 0.29) is 28.9 Å². The summed E-state index contributed by atoms with van der Waals surface area (Å²) in [5.74, 6) is -0.136. The molecule has 1 atom stereocenters. The topological polar surface area (TPSA) is 79.7 Å². The predicted molar refractivity (Wildman–Crippen MR) is 91.2 cm³/mol. The molecule has 7 nitrogen and oxygen atoms in total. The molecule has 0 spiro atoms. The number of hydrogen-bond acceptors (Lipinski definition) is 4. The predicted octanol–water partition coefficient (Wildman–Crippen LogP) is 0.890. The van der Waals surface area contributed by atoms with Gasteiger partial charge in [-0.3, -0.25) is 9.59 Å². The van der Waals surface area contributed by atoms with E-state index >= 15 is 0 Å². The molecule has 1 saturated heterocycles. The van der Waals surface area contributed by atoms with E-state index < -0.39 is 10.0 Å². The molecule has 0 bridgehead atoms. The molecule has 8 heteroatoms. The Morgan fingerprint density at radius 1 is 1.29 bits per heavy atom. The highest BCUT2D eigenvalue weighted by Crippen LogP contribution is 2.20. The van der Waals surface area contributed by atoms with Gasteiger partial charge in [-0.05, 0) is 31.7 Å². The summed E-state index contributed by atoms with van der Waals surface area (Å²) in [4.78, 5) is 26.4. The van der Waals surface area contributed by atoms with Gasteiger partial charge in [0.2, 0.25) is 15.9 Å². The standard InChI is InChI=1S/C16H25N3O4S/c1-4-13-7-5-6-10-19(13)16(21)12-18-11-14(8-9-15(18)20)24(22,23)17(2)3/h8-9,11,13H,4-7,10,12H2,1-3H3. The number of aromatic nitrogens is 1. The van der Waals surface area contributed by atoms with Gasteiger partial charge < -0.3 is 9.47 Å². The van der Waals surface area contributed by atoms with Gasteiger partial charge in [0, 0.05) is 38.9 Å². The highest BCUT2D eigenvalue weighted by Gasteiger charge is 2.26. The molecule has 134 valence electrons. The summed E-state index contributed by atoms with van der Waals surface area (Å²) >= 11 is 0. The maximum absolute atomic E-state index is 12.6. The van der Waals surface area contributed by atoms with Crippen molar-refractivity contribution in [2.75, 3.05) is 20.6 Å². The van der Waals surface area contributed by atoms with E-state index in [1.165, 1.54) is 37.0 Å². The molecule has 24 heavy (non-hydrogen) atoms. The number of nitrogens with zero attached hydrogens (tertiary/aromatic N) is 3. The minimum Gasteiger partial charge on any atom is -0.338 e. The highest BCUT2D eigenvalue weighted by molar-refractivity contribution is 7.89. The van der Waals surface area contributed by atoms with E-state index in [0.29, 0.717) is 6.54 Å². The molecule has 1 aliphatic heterocycles. The maximum atomic E-state index is 12.6. The van der Waals surface area contributed by atoms with Crippen LogP contribution in [0.25, 0.3) is 0 Å². The first-order chi connectivity index (χ1) is 11.3. The van der Waals surface area contributed by atoms with Gasteiger partial charge in [-0.25, -0.2) is 12.7 Å². The van der Waals surface area contributed by atoms with E-state index in [0.717, 1.165) is 30.0 Å². The molecule has 0 aromatic carbocycles. The average Bonchev–Trinajstić information content (AvgIpc) is 2.56. The molecule has 0 aliphatic carbocycles. The zero-order valence-electron chi connectivity index (χ0n) is 14.4. The van der Waals surface area contributed by atoms with Crippen LogP contribution in [-0.2, 0) is 21.4 Å². The molecule has 0 saturated carbocycles. The number of piperidine rings is 1. The minimum atomic E-state index is -3.64. The van der Waals surface area contributed by atoms with Crippen molar-refractivity contribution in [2.45, 2.75) is 50.1 Å². The Labute approximate surface area is 142 Å². The number of likely N-dealkylation sites (tertiary alicyclic amines) is 1. The summed E-state index contributed by atoms with van der Waals surface area (Å²) in [5, 5.41) is 0. The van der Waals surface area contributed by atoms with Gasteiger partial charge in [-0.15, -0.1) is 0 Å². The molecule has 1 amide bonds. The second kappa shape index (κ2) is 7.48. The number of hydrogen-bond donors (Lipinski definition) is 0. The van der Waals surface area contributed by atoms with Crippen molar-refractivity contribution in [1.29, 1.82) is 0 Å². The normalized spacial score (nSPS) is 18.8. The number of sulfonamides is 1. The van der Waals surface area contributed by atoms with Crippen molar-refractivity contribution >= 4 is 15.9 Å². The smallest absolute Gasteiger partial charge is 0.251 e. The Morgan fingerprint density at radius 3 is 2.62 bits per heavy atom. The van der Waals surface area contributed by atoms with E-state index in [9.17, 15) is 18.0 Å². The van der Waals surface area contributed by atoms with Gasteiger partial charge in [0.05, 0.1) is 4.90 Å². The maximum Gasteiger partial charge on any atom is 0.251 e. The lowest BCUT2D eigenvalue weighted by Crippen LogP contribution is -2.45. The van der Waals surface area contributed by atoms with Crippen LogP contribution in [0.15, 0.2) is 28.0 Å².